The molecule has 9 heteroatoms. The molecule has 0 atom stereocenters. The van der Waals surface area contributed by atoms with E-state index < -0.39 is 31.9 Å². The molecule has 0 saturated heterocycles. The molecular weight excluding hydrogens is 335 g/mol. The third-order valence-electron chi connectivity index (χ3n) is 2.79. The van der Waals surface area contributed by atoms with Gasteiger partial charge in [0.25, 0.3) is 9.84 Å². The molecule has 2 aromatic rings. The predicted molar refractivity (Wildman–Crippen MR) is 74.7 cm³/mol. The van der Waals surface area contributed by atoms with E-state index in [1.54, 1.807) is 0 Å². The number of primary amides is 1. The van der Waals surface area contributed by atoms with E-state index in [0.29, 0.717) is 0 Å². The monoisotopic (exact) mass is 345 g/mol. The summed E-state index contributed by atoms with van der Waals surface area (Å²) >= 11 is 0. The summed E-state index contributed by atoms with van der Waals surface area (Å²) in [6.07, 6.45) is 0. The molecule has 0 aliphatic heterocycles. The van der Waals surface area contributed by atoms with Crippen LogP contribution in [0.4, 0.5) is 13.2 Å². The number of para-hydroxylation sites is 1. The first-order valence-electron chi connectivity index (χ1n) is 6.11. The number of benzene rings is 2. The quantitative estimate of drug-likeness (QED) is 0.923. The Morgan fingerprint density at radius 2 is 1.70 bits per heavy atom. The Kier molecular flexibility index (Phi) is 4.33. The minimum Gasteiger partial charge on any atom is -0.456 e. The second-order valence-electron chi connectivity index (χ2n) is 4.39. The van der Waals surface area contributed by atoms with Gasteiger partial charge in [0.2, 0.25) is 5.91 Å². The number of carbonyl (C=O) groups excluding carboxylic acids is 1. The first-order valence-corrected chi connectivity index (χ1v) is 7.59. The molecular formula is C14H10F3NO4S. The highest BCUT2D eigenvalue weighted by molar-refractivity contribution is 7.92. The minimum absolute atomic E-state index is 0.0221. The highest BCUT2D eigenvalue weighted by Gasteiger charge is 2.48. The summed E-state index contributed by atoms with van der Waals surface area (Å²) in [4.78, 5) is 10.1. The lowest BCUT2D eigenvalue weighted by molar-refractivity contribution is -0.0437. The van der Waals surface area contributed by atoms with Crippen LogP contribution in [0.15, 0.2) is 53.4 Å². The van der Waals surface area contributed by atoms with Crippen molar-refractivity contribution in [2.45, 2.75) is 10.4 Å². The minimum atomic E-state index is -5.57. The maximum atomic E-state index is 12.7. The van der Waals surface area contributed by atoms with E-state index >= 15 is 0 Å². The van der Waals surface area contributed by atoms with Crippen molar-refractivity contribution in [2.75, 3.05) is 0 Å². The third-order valence-corrected chi connectivity index (χ3v) is 4.32. The number of halogens is 3. The number of nitrogens with two attached hydrogens (primary N) is 1. The van der Waals surface area contributed by atoms with E-state index in [9.17, 15) is 26.4 Å². The van der Waals surface area contributed by atoms with Crippen LogP contribution in [0, 0.1) is 0 Å². The van der Waals surface area contributed by atoms with Crippen LogP contribution in [-0.2, 0) is 9.84 Å². The second-order valence-corrected chi connectivity index (χ2v) is 6.30. The summed E-state index contributed by atoms with van der Waals surface area (Å²) in [5, 5.41) is 0. The van der Waals surface area contributed by atoms with Crippen molar-refractivity contribution in [1.29, 1.82) is 0 Å². The number of carbonyl (C=O) groups is 1. The first-order chi connectivity index (χ1) is 10.6. The van der Waals surface area contributed by atoms with Gasteiger partial charge in [-0.15, -0.1) is 0 Å². The SMILES string of the molecule is NC(=O)c1cccc(Oc2ccccc2S(=O)(=O)C(F)(F)F)c1. The number of amides is 1. The van der Waals surface area contributed by atoms with E-state index in [4.69, 9.17) is 10.5 Å². The predicted octanol–water partition coefficient (Wildman–Crippen LogP) is 2.87. The average molecular weight is 345 g/mol. The Hall–Kier alpha value is -2.55. The van der Waals surface area contributed by atoms with E-state index in [-0.39, 0.29) is 11.3 Å². The van der Waals surface area contributed by atoms with Crippen LogP contribution in [0.5, 0.6) is 11.5 Å². The van der Waals surface area contributed by atoms with Gasteiger partial charge >= 0.3 is 5.51 Å². The van der Waals surface area contributed by atoms with Crippen molar-refractivity contribution in [1.82, 2.24) is 0 Å². The number of alkyl halides is 3. The van der Waals surface area contributed by atoms with E-state index in [1.165, 1.54) is 30.3 Å². The van der Waals surface area contributed by atoms with Gasteiger partial charge in [-0.2, -0.15) is 13.2 Å². The van der Waals surface area contributed by atoms with Gasteiger partial charge < -0.3 is 10.5 Å². The Morgan fingerprint density at radius 3 is 2.30 bits per heavy atom. The third kappa shape index (κ3) is 3.45. The average Bonchev–Trinajstić information content (AvgIpc) is 2.46. The van der Waals surface area contributed by atoms with Gasteiger partial charge in [0.05, 0.1) is 0 Å². The van der Waals surface area contributed by atoms with Crippen molar-refractivity contribution in [3.63, 3.8) is 0 Å². The Balaban J connectivity index is 2.47. The molecule has 0 aromatic heterocycles. The largest absolute Gasteiger partial charge is 0.502 e. The number of rotatable bonds is 4. The fourth-order valence-corrected chi connectivity index (χ4v) is 2.60. The summed E-state index contributed by atoms with van der Waals surface area (Å²) < 4.78 is 66.4. The molecule has 0 spiro atoms. The fraction of sp³-hybridized carbons (Fsp3) is 0.0714. The standard InChI is InChI=1S/C14H10F3NO4S/c15-14(16,17)23(20,21)12-7-2-1-6-11(12)22-10-5-3-4-9(8-10)13(18)19/h1-8H,(H2,18,19). The molecule has 23 heavy (non-hydrogen) atoms. The molecule has 2 rings (SSSR count). The van der Waals surface area contributed by atoms with Crippen LogP contribution >= 0.6 is 0 Å². The molecule has 1 amide bonds. The Morgan fingerprint density at radius 1 is 1.04 bits per heavy atom. The summed E-state index contributed by atoms with van der Waals surface area (Å²) in [5.41, 5.74) is -0.295. The molecule has 0 saturated carbocycles. The van der Waals surface area contributed by atoms with Gasteiger partial charge in [-0.1, -0.05) is 18.2 Å². The second kappa shape index (κ2) is 5.92. The summed E-state index contributed by atoms with van der Waals surface area (Å²) in [7, 11) is -5.57. The lowest BCUT2D eigenvalue weighted by Crippen LogP contribution is -2.23. The number of hydrogen-bond donors (Lipinski definition) is 1. The number of ether oxygens (including phenoxy) is 1. The lowest BCUT2D eigenvalue weighted by Gasteiger charge is -2.13. The Labute approximate surface area is 129 Å². The molecule has 122 valence electrons. The number of hydrogen-bond acceptors (Lipinski definition) is 4. The molecule has 0 radical (unpaired) electrons. The van der Waals surface area contributed by atoms with Crippen molar-refractivity contribution in [3.8, 4) is 11.5 Å². The van der Waals surface area contributed by atoms with Gasteiger partial charge in [0, 0.05) is 5.56 Å². The maximum absolute atomic E-state index is 12.7. The molecule has 5 nitrogen and oxygen atoms in total. The van der Waals surface area contributed by atoms with Crippen molar-refractivity contribution >= 4 is 15.7 Å². The highest BCUT2D eigenvalue weighted by Crippen LogP contribution is 2.37. The molecule has 0 bridgehead atoms. The molecule has 0 aliphatic rings. The molecule has 0 fully saturated rings. The Bertz CT molecular complexity index is 847. The smallest absolute Gasteiger partial charge is 0.456 e. The van der Waals surface area contributed by atoms with Gasteiger partial charge in [-0.3, -0.25) is 4.79 Å². The van der Waals surface area contributed by atoms with Gasteiger partial charge in [-0.25, -0.2) is 8.42 Å². The van der Waals surface area contributed by atoms with E-state index in [0.717, 1.165) is 18.2 Å². The zero-order chi connectivity index (χ0) is 17.3. The van der Waals surface area contributed by atoms with Crippen molar-refractivity contribution in [2.24, 2.45) is 5.73 Å². The van der Waals surface area contributed by atoms with Crippen LogP contribution in [0.2, 0.25) is 0 Å². The summed E-state index contributed by atoms with van der Waals surface area (Å²) in [6.45, 7) is 0. The normalized spacial score (nSPS) is 12.0. The van der Waals surface area contributed by atoms with Crippen molar-refractivity contribution in [3.05, 3.63) is 54.1 Å². The first kappa shape index (κ1) is 16.8. The molecule has 0 aliphatic carbocycles. The molecule has 2 aromatic carbocycles. The lowest BCUT2D eigenvalue weighted by atomic mass is 10.2. The zero-order valence-corrected chi connectivity index (χ0v) is 12.2. The van der Waals surface area contributed by atoms with Crippen molar-refractivity contribution < 1.29 is 31.1 Å². The van der Waals surface area contributed by atoms with Crippen LogP contribution in [0.1, 0.15) is 10.4 Å². The molecule has 0 heterocycles. The number of sulfone groups is 1. The van der Waals surface area contributed by atoms with E-state index in [1.807, 2.05) is 0 Å². The van der Waals surface area contributed by atoms with Gasteiger partial charge in [-0.05, 0) is 30.3 Å². The van der Waals surface area contributed by atoms with Gasteiger partial charge in [0.1, 0.15) is 16.4 Å². The maximum Gasteiger partial charge on any atom is 0.502 e. The highest BCUT2D eigenvalue weighted by atomic mass is 32.2. The summed E-state index contributed by atoms with van der Waals surface area (Å²) in [6, 6.07) is 9.66. The molecule has 2 N–H and O–H groups in total. The molecule has 0 unspecified atom stereocenters. The zero-order valence-electron chi connectivity index (χ0n) is 11.4. The van der Waals surface area contributed by atoms with Crippen LogP contribution in [-0.4, -0.2) is 19.8 Å². The van der Waals surface area contributed by atoms with Crippen LogP contribution in [0.25, 0.3) is 0 Å². The fourth-order valence-electron chi connectivity index (χ4n) is 1.72. The van der Waals surface area contributed by atoms with Crippen LogP contribution in [0.3, 0.4) is 0 Å². The van der Waals surface area contributed by atoms with Gasteiger partial charge in [0.15, 0.2) is 0 Å². The topological polar surface area (TPSA) is 86.5 Å². The van der Waals surface area contributed by atoms with E-state index in [2.05, 4.69) is 0 Å². The summed E-state index contributed by atoms with van der Waals surface area (Å²) in [5.74, 6) is -1.29. The van der Waals surface area contributed by atoms with Crippen LogP contribution < -0.4 is 10.5 Å².